The van der Waals surface area contributed by atoms with Crippen LogP contribution in [0.5, 0.6) is 5.75 Å². The van der Waals surface area contributed by atoms with Crippen LogP contribution in [0.15, 0.2) is 48.6 Å². The summed E-state index contributed by atoms with van der Waals surface area (Å²) in [5.41, 5.74) is 3.15. The predicted octanol–water partition coefficient (Wildman–Crippen LogP) is 7.18. The zero-order valence-corrected chi connectivity index (χ0v) is 32.6. The molecule has 8 nitrogen and oxygen atoms in total. The third kappa shape index (κ3) is 9.97. The number of methoxy groups -OCH3 is 1. The lowest BCUT2D eigenvalue weighted by atomic mass is 9.64. The minimum atomic E-state index is -1.48. The highest BCUT2D eigenvalue weighted by atomic mass is 35.5. The van der Waals surface area contributed by atoms with Gasteiger partial charge < -0.3 is 19.1 Å². The van der Waals surface area contributed by atoms with Crippen molar-refractivity contribution >= 4 is 34.2 Å². The number of morpholine rings is 1. The minimum absolute atomic E-state index is 0.0904. The molecule has 2 fully saturated rings. The van der Waals surface area contributed by atoms with Crippen molar-refractivity contribution in [2.24, 2.45) is 11.8 Å². The van der Waals surface area contributed by atoms with Gasteiger partial charge >= 0.3 is 0 Å². The fourth-order valence-electron chi connectivity index (χ4n) is 7.42. The third-order valence-corrected chi connectivity index (χ3v) is 11.9. The highest BCUT2D eigenvalue weighted by Gasteiger charge is 2.47. The summed E-state index contributed by atoms with van der Waals surface area (Å²) in [6.45, 7) is 14.4. The summed E-state index contributed by atoms with van der Waals surface area (Å²) >= 11 is 6.48. The van der Waals surface area contributed by atoms with Crippen LogP contribution in [-0.4, -0.2) is 85.5 Å². The maximum Gasteiger partial charge on any atom is 0.263 e. The number of anilines is 1. The lowest BCUT2D eigenvalue weighted by Crippen LogP contribution is -2.50. The van der Waals surface area contributed by atoms with Crippen LogP contribution in [0.25, 0.3) is 0 Å². The van der Waals surface area contributed by atoms with Crippen LogP contribution in [0.1, 0.15) is 87.2 Å². The molecule has 2 aromatic carbocycles. The first kappa shape index (κ1) is 39.3. The van der Waals surface area contributed by atoms with E-state index in [9.17, 15) is 9.00 Å². The molecule has 51 heavy (non-hydrogen) atoms. The van der Waals surface area contributed by atoms with Gasteiger partial charge in [-0.1, -0.05) is 55.9 Å². The van der Waals surface area contributed by atoms with E-state index in [1.54, 1.807) is 13.2 Å². The molecule has 10 heteroatoms. The third-order valence-electron chi connectivity index (χ3n) is 10.4. The molecule has 1 N–H and O–H groups in total. The fourth-order valence-corrected chi connectivity index (χ4v) is 8.15. The molecule has 3 aliphatic rings. The number of ether oxygens (including phenoxy) is 3. The summed E-state index contributed by atoms with van der Waals surface area (Å²) in [4.78, 5) is 18.1. The Bertz CT molecular complexity index is 1600. The van der Waals surface area contributed by atoms with Crippen molar-refractivity contribution in [3.63, 3.8) is 0 Å². The number of amides is 1. The number of fused-ring (bicyclic) bond motifs is 1. The molecule has 1 aliphatic carbocycles. The van der Waals surface area contributed by atoms with E-state index >= 15 is 0 Å². The first-order valence-electron chi connectivity index (χ1n) is 18.7. The minimum Gasteiger partial charge on any atom is -0.491 e. The summed E-state index contributed by atoms with van der Waals surface area (Å²) in [5.74, 6) is 8.11. The summed E-state index contributed by atoms with van der Waals surface area (Å²) < 4.78 is 33.6. The molecule has 2 aromatic rings. The Morgan fingerprint density at radius 3 is 2.67 bits per heavy atom. The second-order valence-electron chi connectivity index (χ2n) is 14.2. The Morgan fingerprint density at radius 2 is 1.98 bits per heavy atom. The van der Waals surface area contributed by atoms with Crippen molar-refractivity contribution in [3.05, 3.63) is 70.3 Å². The number of carbonyl (C=O) groups is 1. The average Bonchev–Trinajstić information content (AvgIpc) is 3.30. The molecule has 5 unspecified atom stereocenters. The van der Waals surface area contributed by atoms with Gasteiger partial charge in [0.2, 0.25) is 0 Å². The number of benzene rings is 2. The second kappa shape index (κ2) is 18.8. The normalized spacial score (nSPS) is 22.6. The van der Waals surface area contributed by atoms with Crippen LogP contribution in [0.3, 0.4) is 0 Å². The monoisotopic (exact) mass is 737 g/mol. The SMILES string of the molecule is CC/C=C/C(C#CCCN1CCOCC1)(OC)C1CCC1CN1CC(c2ccc(Cl)cc2CCC)COc2ccc(C(=O)NS(=O)C(C)C)cc21. The number of carbonyl (C=O) groups excluding carboxylic acids is 1. The van der Waals surface area contributed by atoms with Gasteiger partial charge in [-0.15, -0.1) is 0 Å². The Balaban J connectivity index is 1.45. The molecule has 278 valence electrons. The van der Waals surface area contributed by atoms with Gasteiger partial charge in [-0.05, 0) is 93.0 Å². The molecular weight excluding hydrogens is 682 g/mol. The molecule has 1 saturated heterocycles. The van der Waals surface area contributed by atoms with Crippen molar-refractivity contribution in [2.75, 3.05) is 64.6 Å². The molecule has 2 aliphatic heterocycles. The lowest BCUT2D eigenvalue weighted by molar-refractivity contribution is -0.0349. The zero-order valence-electron chi connectivity index (χ0n) is 31.0. The molecule has 1 saturated carbocycles. The number of rotatable bonds is 14. The van der Waals surface area contributed by atoms with Crippen molar-refractivity contribution in [1.82, 2.24) is 9.62 Å². The highest BCUT2D eigenvalue weighted by molar-refractivity contribution is 7.84. The van der Waals surface area contributed by atoms with E-state index in [0.717, 1.165) is 94.4 Å². The first-order chi connectivity index (χ1) is 24.7. The topological polar surface area (TPSA) is 80.3 Å². The van der Waals surface area contributed by atoms with E-state index < -0.39 is 16.6 Å². The number of hydrogen-bond acceptors (Lipinski definition) is 7. The summed E-state index contributed by atoms with van der Waals surface area (Å²) in [5, 5.41) is 0.554. The molecule has 0 bridgehead atoms. The predicted molar refractivity (Wildman–Crippen MR) is 208 cm³/mol. The maximum absolute atomic E-state index is 13.3. The van der Waals surface area contributed by atoms with Crippen molar-refractivity contribution in [2.45, 2.75) is 83.0 Å². The highest BCUT2D eigenvalue weighted by Crippen LogP contribution is 2.46. The van der Waals surface area contributed by atoms with Gasteiger partial charge in [0, 0.05) is 73.9 Å². The largest absolute Gasteiger partial charge is 0.491 e. The van der Waals surface area contributed by atoms with Crippen LogP contribution in [0, 0.1) is 23.7 Å². The van der Waals surface area contributed by atoms with Crippen LogP contribution < -0.4 is 14.4 Å². The van der Waals surface area contributed by atoms with Crippen LogP contribution in [0.4, 0.5) is 5.69 Å². The van der Waals surface area contributed by atoms with Gasteiger partial charge in [-0.2, -0.15) is 0 Å². The van der Waals surface area contributed by atoms with Crippen molar-refractivity contribution in [3.8, 4) is 17.6 Å². The Labute approximate surface area is 313 Å². The molecule has 0 radical (unpaired) electrons. The number of allylic oxidation sites excluding steroid dienone is 1. The van der Waals surface area contributed by atoms with Gasteiger partial charge in [-0.25, -0.2) is 4.21 Å². The Hall–Kier alpha value is -2.87. The lowest BCUT2D eigenvalue weighted by Gasteiger charge is -2.47. The van der Waals surface area contributed by atoms with Gasteiger partial charge in [0.1, 0.15) is 22.3 Å². The molecule has 5 rings (SSSR count). The molecule has 2 heterocycles. The van der Waals surface area contributed by atoms with E-state index in [4.69, 9.17) is 25.8 Å². The van der Waals surface area contributed by atoms with Gasteiger partial charge in [0.15, 0.2) is 0 Å². The second-order valence-corrected chi connectivity index (χ2v) is 16.4. The number of nitrogens with zero attached hydrogens (tertiary/aromatic N) is 2. The number of hydrogen-bond donors (Lipinski definition) is 1. The molecule has 0 aromatic heterocycles. The van der Waals surface area contributed by atoms with Gasteiger partial charge in [-0.3, -0.25) is 14.4 Å². The number of aryl methyl sites for hydroxylation is 1. The Kier molecular flexibility index (Phi) is 14.5. The fraction of sp³-hybridized carbons (Fsp3) is 0.585. The van der Waals surface area contributed by atoms with E-state index in [1.165, 1.54) is 11.1 Å². The smallest absolute Gasteiger partial charge is 0.263 e. The van der Waals surface area contributed by atoms with Gasteiger partial charge in [0.05, 0.1) is 25.5 Å². The quantitative estimate of drug-likeness (QED) is 0.163. The molecule has 5 atom stereocenters. The van der Waals surface area contributed by atoms with Crippen molar-refractivity contribution < 1.29 is 23.2 Å². The maximum atomic E-state index is 13.3. The standard InChI is InChI=1S/C41H56ClN3O5S/c1-6-8-18-41(48-5,19-9-10-20-44-21-23-49-24-22-44)37-16-12-33(37)27-45-28-34(36-15-14-35(42)25-31(36)11-7-2)29-50-39-17-13-32(26-38(39)45)40(46)43-51(47)30(3)4/h8,13-15,17-18,25-26,30,33-34,37H,6-7,10-12,16,20-24,27-29H2,1-5H3,(H,43,46)/b18-8+. The molecular formula is C41H56ClN3O5S. The van der Waals surface area contributed by atoms with Crippen LogP contribution in [-0.2, 0) is 26.9 Å². The first-order valence-corrected chi connectivity index (χ1v) is 20.3. The molecule has 1 amide bonds. The van der Waals surface area contributed by atoms with Crippen LogP contribution in [0.2, 0.25) is 5.02 Å². The Morgan fingerprint density at radius 1 is 1.18 bits per heavy atom. The van der Waals surface area contributed by atoms with E-state index in [-0.39, 0.29) is 23.0 Å². The summed E-state index contributed by atoms with van der Waals surface area (Å²) in [6, 6.07) is 11.8. The summed E-state index contributed by atoms with van der Waals surface area (Å²) in [7, 11) is 0.314. The van der Waals surface area contributed by atoms with Crippen molar-refractivity contribution in [1.29, 1.82) is 0 Å². The van der Waals surface area contributed by atoms with Crippen LogP contribution >= 0.6 is 11.6 Å². The number of nitrogens with one attached hydrogen (secondary N) is 1. The molecule has 0 spiro atoms. The average molecular weight is 738 g/mol. The van der Waals surface area contributed by atoms with E-state index in [0.29, 0.717) is 24.6 Å². The summed E-state index contributed by atoms with van der Waals surface area (Å²) in [6.07, 6.45) is 10.1. The number of halogens is 1. The van der Waals surface area contributed by atoms with E-state index in [1.807, 2.05) is 32.0 Å². The van der Waals surface area contributed by atoms with E-state index in [2.05, 4.69) is 64.5 Å². The van der Waals surface area contributed by atoms with Gasteiger partial charge in [0.25, 0.3) is 5.91 Å². The zero-order chi connectivity index (χ0) is 36.4.